The van der Waals surface area contributed by atoms with Crippen molar-refractivity contribution < 1.29 is 8.60 Å². The first-order valence-corrected chi connectivity index (χ1v) is 6.76. The van der Waals surface area contributed by atoms with E-state index in [9.17, 15) is 8.60 Å². The van der Waals surface area contributed by atoms with E-state index in [1.165, 1.54) is 12.1 Å². The van der Waals surface area contributed by atoms with Gasteiger partial charge in [-0.25, -0.2) is 8.60 Å². The van der Waals surface area contributed by atoms with E-state index in [-0.39, 0.29) is 18.7 Å². The molecule has 7 heteroatoms. The molecular formula is C12H11BrFN3OS. The lowest BCUT2D eigenvalue weighted by atomic mass is 10.2. The van der Waals surface area contributed by atoms with Crippen LogP contribution in [0.5, 0.6) is 0 Å². The predicted octanol–water partition coefficient (Wildman–Crippen LogP) is 3.56. The van der Waals surface area contributed by atoms with E-state index in [1.807, 2.05) is 6.07 Å². The molecule has 0 fully saturated rings. The average Bonchev–Trinajstić information content (AvgIpc) is 2.78. The molecule has 1 heterocycles. The SMILES string of the molecule is C.N#Cc1ccc(NS(=O)c2c[nH]cc2Br)c(F)c1. The molecule has 0 bridgehead atoms. The van der Waals surface area contributed by atoms with Gasteiger partial charge in [0.15, 0.2) is 11.0 Å². The van der Waals surface area contributed by atoms with Gasteiger partial charge in [0.1, 0.15) is 5.82 Å². The monoisotopic (exact) mass is 343 g/mol. The normalized spacial score (nSPS) is 11.2. The van der Waals surface area contributed by atoms with E-state index < -0.39 is 16.8 Å². The number of halogens is 2. The van der Waals surface area contributed by atoms with Gasteiger partial charge in [-0.3, -0.25) is 4.72 Å². The zero-order chi connectivity index (χ0) is 13.1. The molecule has 1 unspecified atom stereocenters. The van der Waals surface area contributed by atoms with Crippen molar-refractivity contribution in [3.8, 4) is 6.07 Å². The Morgan fingerprint density at radius 1 is 1.42 bits per heavy atom. The first kappa shape index (κ1) is 15.4. The van der Waals surface area contributed by atoms with Gasteiger partial charge in [0, 0.05) is 12.4 Å². The van der Waals surface area contributed by atoms with Crippen molar-refractivity contribution in [2.24, 2.45) is 0 Å². The average molecular weight is 344 g/mol. The van der Waals surface area contributed by atoms with Crippen LogP contribution in [0.1, 0.15) is 13.0 Å². The summed E-state index contributed by atoms with van der Waals surface area (Å²) in [5.74, 6) is -0.617. The molecule has 0 saturated carbocycles. The Balaban J connectivity index is 0.00000180. The van der Waals surface area contributed by atoms with Gasteiger partial charge >= 0.3 is 0 Å². The standard InChI is InChI=1S/C11H7BrFN3OS.CH4/c12-8-5-15-6-11(8)18(17)16-10-2-1-7(4-14)3-9(10)13;/h1-3,5-6,15-16H;1H4. The highest BCUT2D eigenvalue weighted by atomic mass is 79.9. The summed E-state index contributed by atoms with van der Waals surface area (Å²) in [5.41, 5.74) is 0.298. The van der Waals surface area contributed by atoms with Crippen molar-refractivity contribution in [1.29, 1.82) is 5.26 Å². The van der Waals surface area contributed by atoms with Crippen LogP contribution in [0.4, 0.5) is 10.1 Å². The second-order valence-electron chi connectivity index (χ2n) is 3.34. The highest BCUT2D eigenvalue weighted by molar-refractivity contribution is 9.10. The lowest BCUT2D eigenvalue weighted by Crippen LogP contribution is -2.06. The van der Waals surface area contributed by atoms with E-state index in [0.717, 1.165) is 6.07 Å². The van der Waals surface area contributed by atoms with E-state index in [1.54, 1.807) is 12.4 Å². The quantitative estimate of drug-likeness (QED) is 0.894. The molecule has 0 aliphatic rings. The molecule has 4 nitrogen and oxygen atoms in total. The number of rotatable bonds is 3. The molecule has 2 rings (SSSR count). The number of hydrogen-bond acceptors (Lipinski definition) is 2. The largest absolute Gasteiger partial charge is 0.365 e. The molecule has 0 radical (unpaired) electrons. The fourth-order valence-electron chi connectivity index (χ4n) is 1.29. The Kier molecular flexibility index (Phi) is 5.27. The van der Waals surface area contributed by atoms with E-state index in [2.05, 4.69) is 25.6 Å². The number of hydrogen-bond donors (Lipinski definition) is 2. The molecule has 1 aromatic heterocycles. The summed E-state index contributed by atoms with van der Waals surface area (Å²) in [6.45, 7) is 0. The van der Waals surface area contributed by atoms with Crippen LogP contribution in [0.2, 0.25) is 0 Å². The van der Waals surface area contributed by atoms with Crippen molar-refractivity contribution in [2.45, 2.75) is 12.3 Å². The summed E-state index contributed by atoms with van der Waals surface area (Å²) in [4.78, 5) is 3.27. The van der Waals surface area contributed by atoms with Gasteiger partial charge in [-0.2, -0.15) is 5.26 Å². The predicted molar refractivity (Wildman–Crippen MR) is 76.4 cm³/mol. The second-order valence-corrected chi connectivity index (χ2v) is 5.38. The third kappa shape index (κ3) is 3.43. The highest BCUT2D eigenvalue weighted by Gasteiger charge is 2.12. The van der Waals surface area contributed by atoms with Gasteiger partial charge in [-0.1, -0.05) is 7.43 Å². The summed E-state index contributed by atoms with van der Waals surface area (Å²) >= 11 is 3.22. The smallest absolute Gasteiger partial charge is 0.153 e. The topological polar surface area (TPSA) is 68.7 Å². The number of nitrogens with one attached hydrogen (secondary N) is 2. The third-order valence-corrected chi connectivity index (χ3v) is 4.22. The van der Waals surface area contributed by atoms with Crippen molar-refractivity contribution in [2.75, 3.05) is 4.72 Å². The zero-order valence-corrected chi connectivity index (χ0v) is 11.3. The molecule has 0 amide bonds. The molecule has 2 N–H and O–H groups in total. The Morgan fingerprint density at radius 3 is 2.68 bits per heavy atom. The number of aromatic amines is 1. The number of aromatic nitrogens is 1. The van der Waals surface area contributed by atoms with Crippen LogP contribution in [0.15, 0.2) is 40.0 Å². The molecule has 2 aromatic rings. The van der Waals surface area contributed by atoms with Crippen LogP contribution in [-0.2, 0) is 11.0 Å². The Labute approximate surface area is 121 Å². The fraction of sp³-hybridized carbons (Fsp3) is 0.0833. The van der Waals surface area contributed by atoms with Crippen molar-refractivity contribution >= 4 is 32.6 Å². The number of nitrogens with zero attached hydrogens (tertiary/aromatic N) is 1. The fourth-order valence-corrected chi connectivity index (χ4v) is 2.87. The van der Waals surface area contributed by atoms with Gasteiger partial charge in [-0.15, -0.1) is 0 Å². The number of H-pyrrole nitrogens is 1. The van der Waals surface area contributed by atoms with Crippen LogP contribution in [0.3, 0.4) is 0 Å². The zero-order valence-electron chi connectivity index (χ0n) is 8.91. The molecule has 100 valence electrons. The van der Waals surface area contributed by atoms with Gasteiger partial charge < -0.3 is 4.98 Å². The number of anilines is 1. The summed E-state index contributed by atoms with van der Waals surface area (Å²) in [7, 11) is -1.58. The van der Waals surface area contributed by atoms with E-state index in [4.69, 9.17) is 5.26 Å². The molecular weight excluding hydrogens is 333 g/mol. The number of nitriles is 1. The molecule has 1 aromatic carbocycles. The van der Waals surface area contributed by atoms with E-state index >= 15 is 0 Å². The Morgan fingerprint density at radius 2 is 2.16 bits per heavy atom. The lowest BCUT2D eigenvalue weighted by molar-refractivity contribution is 0.631. The van der Waals surface area contributed by atoms with Crippen molar-refractivity contribution in [3.63, 3.8) is 0 Å². The summed E-state index contributed by atoms with van der Waals surface area (Å²) in [5, 5.41) is 8.61. The Hall–Kier alpha value is -1.65. The maximum atomic E-state index is 13.6. The third-order valence-electron chi connectivity index (χ3n) is 2.16. The minimum absolute atomic E-state index is 0. The maximum absolute atomic E-state index is 13.6. The molecule has 0 saturated heterocycles. The van der Waals surface area contributed by atoms with Crippen LogP contribution < -0.4 is 4.72 Å². The summed E-state index contributed by atoms with van der Waals surface area (Å²) < 4.78 is 28.7. The van der Waals surface area contributed by atoms with E-state index in [0.29, 0.717) is 9.37 Å². The van der Waals surface area contributed by atoms with Gasteiger partial charge in [-0.05, 0) is 34.1 Å². The molecule has 19 heavy (non-hydrogen) atoms. The summed E-state index contributed by atoms with van der Waals surface area (Å²) in [6.07, 6.45) is 3.18. The second kappa shape index (κ2) is 6.50. The molecule has 1 atom stereocenters. The minimum atomic E-state index is -1.58. The number of benzene rings is 1. The van der Waals surface area contributed by atoms with Crippen LogP contribution in [0.25, 0.3) is 0 Å². The van der Waals surface area contributed by atoms with Crippen molar-refractivity contribution in [1.82, 2.24) is 4.98 Å². The van der Waals surface area contributed by atoms with Crippen LogP contribution in [-0.4, -0.2) is 9.19 Å². The lowest BCUT2D eigenvalue weighted by Gasteiger charge is -2.06. The van der Waals surface area contributed by atoms with Crippen molar-refractivity contribution in [3.05, 3.63) is 46.4 Å². The molecule has 0 aliphatic carbocycles. The minimum Gasteiger partial charge on any atom is -0.365 e. The first-order chi connectivity index (χ1) is 8.61. The summed E-state index contributed by atoms with van der Waals surface area (Å²) in [6, 6.07) is 5.75. The maximum Gasteiger partial charge on any atom is 0.153 e. The van der Waals surface area contributed by atoms with Gasteiger partial charge in [0.05, 0.1) is 26.7 Å². The van der Waals surface area contributed by atoms with Crippen LogP contribution >= 0.6 is 15.9 Å². The van der Waals surface area contributed by atoms with Gasteiger partial charge in [0.2, 0.25) is 0 Å². The first-order valence-electron chi connectivity index (χ1n) is 4.82. The molecule has 0 aliphatic heterocycles. The highest BCUT2D eigenvalue weighted by Crippen LogP contribution is 2.22. The Bertz CT molecular complexity index is 651. The molecule has 0 spiro atoms. The van der Waals surface area contributed by atoms with Gasteiger partial charge in [0.25, 0.3) is 0 Å². The van der Waals surface area contributed by atoms with Crippen LogP contribution in [0, 0.1) is 17.1 Å².